The van der Waals surface area contributed by atoms with E-state index in [4.69, 9.17) is 5.11 Å². The second-order valence-electron chi connectivity index (χ2n) is 2.09. The Morgan fingerprint density at radius 3 is 2.54 bits per heavy atom. The average molecular weight is 257 g/mol. The first-order valence-corrected chi connectivity index (χ1v) is 3.93. The van der Waals surface area contributed by atoms with Crippen molar-refractivity contribution in [1.82, 2.24) is 0 Å². The molecule has 1 rings (SSSR count). The standard InChI is InChI=1S/C7H4BrF3O2/c8-5-3(12)1-2-4(6(5)9)13-7(10)11/h1-2,7,12H. The minimum absolute atomic E-state index is 0.300. The first-order valence-electron chi connectivity index (χ1n) is 3.14. The van der Waals surface area contributed by atoms with Gasteiger partial charge in [-0.2, -0.15) is 8.78 Å². The fourth-order valence-corrected chi connectivity index (χ4v) is 1.04. The van der Waals surface area contributed by atoms with Gasteiger partial charge in [0, 0.05) is 0 Å². The van der Waals surface area contributed by atoms with E-state index >= 15 is 0 Å². The summed E-state index contributed by atoms with van der Waals surface area (Å²) in [5, 5.41) is 8.93. The molecular weight excluding hydrogens is 253 g/mol. The molecule has 0 aliphatic heterocycles. The molecule has 0 radical (unpaired) electrons. The molecule has 0 amide bonds. The van der Waals surface area contributed by atoms with E-state index in [0.29, 0.717) is 0 Å². The molecule has 0 bridgehead atoms. The lowest BCUT2D eigenvalue weighted by Crippen LogP contribution is -2.03. The summed E-state index contributed by atoms with van der Waals surface area (Å²) < 4.78 is 39.8. The highest BCUT2D eigenvalue weighted by molar-refractivity contribution is 9.10. The van der Waals surface area contributed by atoms with Crippen LogP contribution in [0.2, 0.25) is 0 Å². The Kier molecular flexibility index (Phi) is 3.02. The molecule has 1 N–H and O–H groups in total. The Hall–Kier alpha value is -0.910. The summed E-state index contributed by atoms with van der Waals surface area (Å²) in [6.07, 6.45) is 0. The van der Waals surface area contributed by atoms with Crippen LogP contribution in [0.4, 0.5) is 13.2 Å². The van der Waals surface area contributed by atoms with Crippen molar-refractivity contribution in [2.75, 3.05) is 0 Å². The van der Waals surface area contributed by atoms with E-state index in [1.54, 1.807) is 0 Å². The van der Waals surface area contributed by atoms with E-state index in [1.165, 1.54) is 0 Å². The Labute approximate surface area is 80.1 Å². The van der Waals surface area contributed by atoms with Gasteiger partial charge in [-0.05, 0) is 28.1 Å². The molecule has 0 saturated carbocycles. The number of hydrogen-bond donors (Lipinski definition) is 1. The molecule has 72 valence electrons. The highest BCUT2D eigenvalue weighted by Gasteiger charge is 2.14. The normalized spacial score (nSPS) is 10.5. The van der Waals surface area contributed by atoms with E-state index < -0.39 is 18.2 Å². The number of halogens is 4. The van der Waals surface area contributed by atoms with Crippen LogP contribution in [-0.2, 0) is 0 Å². The molecule has 6 heteroatoms. The molecule has 0 heterocycles. The molecule has 1 aromatic rings. The van der Waals surface area contributed by atoms with Crippen molar-refractivity contribution in [2.45, 2.75) is 6.61 Å². The number of rotatable bonds is 2. The predicted molar refractivity (Wildman–Crippen MR) is 42.4 cm³/mol. The molecule has 0 aliphatic rings. The van der Waals surface area contributed by atoms with Gasteiger partial charge in [0.15, 0.2) is 11.6 Å². The van der Waals surface area contributed by atoms with Gasteiger partial charge in [-0.15, -0.1) is 0 Å². The molecule has 0 aromatic heterocycles. The third-order valence-electron chi connectivity index (χ3n) is 1.24. The first-order chi connectivity index (χ1) is 6.02. The monoisotopic (exact) mass is 256 g/mol. The first kappa shape index (κ1) is 10.2. The summed E-state index contributed by atoms with van der Waals surface area (Å²) in [5.41, 5.74) is 0. The van der Waals surface area contributed by atoms with Crippen LogP contribution in [0.5, 0.6) is 11.5 Å². The van der Waals surface area contributed by atoms with Gasteiger partial charge in [0.2, 0.25) is 0 Å². The van der Waals surface area contributed by atoms with Gasteiger partial charge >= 0.3 is 6.61 Å². The Morgan fingerprint density at radius 1 is 1.38 bits per heavy atom. The van der Waals surface area contributed by atoms with Crippen molar-refractivity contribution in [2.24, 2.45) is 0 Å². The van der Waals surface area contributed by atoms with E-state index in [2.05, 4.69) is 20.7 Å². The molecule has 0 atom stereocenters. The fraction of sp³-hybridized carbons (Fsp3) is 0.143. The van der Waals surface area contributed by atoms with Crippen LogP contribution >= 0.6 is 15.9 Å². The zero-order valence-corrected chi connectivity index (χ0v) is 7.69. The van der Waals surface area contributed by atoms with Crippen molar-refractivity contribution >= 4 is 15.9 Å². The molecule has 0 fully saturated rings. The van der Waals surface area contributed by atoms with E-state index in [1.807, 2.05) is 0 Å². The number of ether oxygens (including phenoxy) is 1. The summed E-state index contributed by atoms with van der Waals surface area (Å²) in [4.78, 5) is 0. The van der Waals surface area contributed by atoms with Crippen LogP contribution in [-0.4, -0.2) is 11.7 Å². The number of alkyl halides is 2. The molecule has 0 saturated heterocycles. The SMILES string of the molecule is Oc1ccc(OC(F)F)c(F)c1Br. The topological polar surface area (TPSA) is 29.5 Å². The van der Waals surface area contributed by atoms with Crippen molar-refractivity contribution in [3.63, 3.8) is 0 Å². The van der Waals surface area contributed by atoms with Crippen LogP contribution in [0.25, 0.3) is 0 Å². The van der Waals surface area contributed by atoms with Gasteiger partial charge < -0.3 is 9.84 Å². The highest BCUT2D eigenvalue weighted by atomic mass is 79.9. The van der Waals surface area contributed by atoms with E-state index in [-0.39, 0.29) is 10.2 Å². The molecular formula is C7H4BrF3O2. The molecule has 1 aromatic carbocycles. The summed E-state index contributed by atoms with van der Waals surface area (Å²) in [7, 11) is 0. The summed E-state index contributed by atoms with van der Waals surface area (Å²) in [6, 6.07) is 1.96. The Morgan fingerprint density at radius 2 is 2.00 bits per heavy atom. The molecule has 13 heavy (non-hydrogen) atoms. The second-order valence-corrected chi connectivity index (χ2v) is 2.88. The van der Waals surface area contributed by atoms with Gasteiger partial charge in [0.05, 0.1) is 4.47 Å². The van der Waals surface area contributed by atoms with Gasteiger partial charge in [-0.25, -0.2) is 4.39 Å². The van der Waals surface area contributed by atoms with Crippen LogP contribution in [0.15, 0.2) is 16.6 Å². The Balaban J connectivity index is 3.04. The summed E-state index contributed by atoms with van der Waals surface area (Å²) in [6.45, 7) is -3.09. The molecule has 0 unspecified atom stereocenters. The maximum atomic E-state index is 13.0. The number of hydrogen-bond acceptors (Lipinski definition) is 2. The van der Waals surface area contributed by atoms with Crippen LogP contribution in [0.1, 0.15) is 0 Å². The van der Waals surface area contributed by atoms with E-state index in [0.717, 1.165) is 12.1 Å². The lowest BCUT2D eigenvalue weighted by molar-refractivity contribution is -0.0523. The lowest BCUT2D eigenvalue weighted by Gasteiger charge is -2.06. The Bertz CT molecular complexity index is 317. The van der Waals surface area contributed by atoms with Crippen molar-refractivity contribution in [3.05, 3.63) is 22.4 Å². The smallest absolute Gasteiger partial charge is 0.387 e. The van der Waals surface area contributed by atoms with Gasteiger partial charge in [-0.1, -0.05) is 0 Å². The second kappa shape index (κ2) is 3.87. The summed E-state index contributed by atoms with van der Waals surface area (Å²) in [5.74, 6) is -2.04. The van der Waals surface area contributed by atoms with Gasteiger partial charge in [0.25, 0.3) is 0 Å². The van der Waals surface area contributed by atoms with Gasteiger partial charge in [-0.3, -0.25) is 0 Å². The number of phenols is 1. The van der Waals surface area contributed by atoms with Crippen molar-refractivity contribution in [1.29, 1.82) is 0 Å². The van der Waals surface area contributed by atoms with Crippen molar-refractivity contribution < 1.29 is 23.0 Å². The maximum Gasteiger partial charge on any atom is 0.387 e. The molecule has 0 aliphatic carbocycles. The lowest BCUT2D eigenvalue weighted by atomic mass is 10.3. The average Bonchev–Trinajstić information content (AvgIpc) is 2.06. The summed E-state index contributed by atoms with van der Waals surface area (Å²) >= 11 is 2.67. The minimum atomic E-state index is -3.09. The number of aromatic hydroxyl groups is 1. The third-order valence-corrected chi connectivity index (χ3v) is 2.00. The van der Waals surface area contributed by atoms with Crippen LogP contribution < -0.4 is 4.74 Å². The maximum absolute atomic E-state index is 13.0. The molecule has 2 nitrogen and oxygen atoms in total. The number of benzene rings is 1. The van der Waals surface area contributed by atoms with Crippen molar-refractivity contribution in [3.8, 4) is 11.5 Å². The minimum Gasteiger partial charge on any atom is -0.507 e. The third kappa shape index (κ3) is 2.27. The molecule has 0 spiro atoms. The van der Waals surface area contributed by atoms with E-state index in [9.17, 15) is 13.2 Å². The highest BCUT2D eigenvalue weighted by Crippen LogP contribution is 2.33. The van der Waals surface area contributed by atoms with Crippen LogP contribution in [0.3, 0.4) is 0 Å². The fourth-order valence-electron chi connectivity index (χ4n) is 0.709. The van der Waals surface area contributed by atoms with Crippen LogP contribution in [0, 0.1) is 5.82 Å². The van der Waals surface area contributed by atoms with Gasteiger partial charge in [0.1, 0.15) is 5.75 Å². The zero-order valence-electron chi connectivity index (χ0n) is 6.10. The largest absolute Gasteiger partial charge is 0.507 e. The quantitative estimate of drug-likeness (QED) is 0.882. The zero-order chi connectivity index (χ0) is 10.0. The predicted octanol–water partition coefficient (Wildman–Crippen LogP) is 2.90. The number of phenolic OH excluding ortho intramolecular Hbond substituents is 1.